The lowest BCUT2D eigenvalue weighted by atomic mass is 10.2. The van der Waals surface area contributed by atoms with Crippen LogP contribution in [0.15, 0.2) is 46.4 Å². The number of nitrogens with zero attached hydrogens (tertiary/aromatic N) is 3. The van der Waals surface area contributed by atoms with Crippen LogP contribution in [-0.4, -0.2) is 29.9 Å². The van der Waals surface area contributed by atoms with Crippen LogP contribution in [0, 0.1) is 0 Å². The van der Waals surface area contributed by atoms with Crippen LogP contribution in [0.5, 0.6) is 0 Å². The van der Waals surface area contributed by atoms with Crippen molar-refractivity contribution in [3.8, 4) is 0 Å². The normalized spacial score (nSPS) is 17.0. The van der Waals surface area contributed by atoms with E-state index in [1.807, 2.05) is 17.1 Å². The van der Waals surface area contributed by atoms with Crippen LogP contribution in [-0.2, 0) is 6.18 Å². The number of aliphatic imine (C=N–C) groups is 2. The number of halogens is 3. The van der Waals surface area contributed by atoms with E-state index in [2.05, 4.69) is 9.98 Å². The Balaban J connectivity index is 2.09. The molecule has 1 aromatic rings. The highest BCUT2D eigenvalue weighted by Gasteiger charge is 2.29. The van der Waals surface area contributed by atoms with E-state index < -0.39 is 11.7 Å². The van der Waals surface area contributed by atoms with Crippen molar-refractivity contribution in [3.05, 3.63) is 42.0 Å². The van der Waals surface area contributed by atoms with Gasteiger partial charge in [-0.1, -0.05) is 12.2 Å². The fraction of sp³-hybridized carbons (Fsp3) is 0.286. The lowest BCUT2D eigenvalue weighted by molar-refractivity contribution is -0.137. The highest BCUT2D eigenvalue weighted by atomic mass is 19.4. The summed E-state index contributed by atoms with van der Waals surface area (Å²) in [6.07, 6.45) is 0.503. The van der Waals surface area contributed by atoms with Crippen LogP contribution in [0.1, 0.15) is 12.0 Å². The van der Waals surface area contributed by atoms with E-state index in [0.29, 0.717) is 6.54 Å². The van der Waals surface area contributed by atoms with E-state index in [4.69, 9.17) is 11.5 Å². The first-order valence-corrected chi connectivity index (χ1v) is 6.62. The first-order chi connectivity index (χ1) is 10.4. The lowest BCUT2D eigenvalue weighted by Crippen LogP contribution is -2.40. The molecular weight excluding hydrogens is 295 g/mol. The van der Waals surface area contributed by atoms with Crippen molar-refractivity contribution in [1.29, 1.82) is 0 Å². The zero-order valence-electron chi connectivity index (χ0n) is 11.7. The Kier molecular flexibility index (Phi) is 4.69. The molecule has 0 radical (unpaired) electrons. The predicted molar refractivity (Wildman–Crippen MR) is 79.7 cm³/mol. The Morgan fingerprint density at radius 2 is 1.77 bits per heavy atom. The molecule has 1 heterocycles. The molecule has 0 unspecified atom stereocenters. The molecule has 0 aromatic heterocycles. The van der Waals surface area contributed by atoms with Crippen molar-refractivity contribution < 1.29 is 13.2 Å². The highest BCUT2D eigenvalue weighted by molar-refractivity contribution is 5.94. The number of rotatable bonds is 1. The minimum atomic E-state index is -4.38. The van der Waals surface area contributed by atoms with Crippen molar-refractivity contribution in [2.45, 2.75) is 12.6 Å². The Morgan fingerprint density at radius 1 is 1.09 bits per heavy atom. The van der Waals surface area contributed by atoms with Gasteiger partial charge in [-0.15, -0.1) is 0 Å². The van der Waals surface area contributed by atoms with Gasteiger partial charge in [-0.05, 0) is 30.7 Å². The molecule has 0 amide bonds. The van der Waals surface area contributed by atoms with Crippen molar-refractivity contribution in [1.82, 2.24) is 4.90 Å². The molecule has 5 nitrogen and oxygen atoms in total. The molecule has 0 fully saturated rings. The smallest absolute Gasteiger partial charge is 0.369 e. The summed E-state index contributed by atoms with van der Waals surface area (Å²) in [4.78, 5) is 9.72. The summed E-state index contributed by atoms with van der Waals surface area (Å²) >= 11 is 0. The fourth-order valence-corrected chi connectivity index (χ4v) is 1.92. The number of hydrogen-bond acceptors (Lipinski definition) is 1. The number of hydrogen-bond donors (Lipinski definition) is 2. The quantitative estimate of drug-likeness (QED) is 0.474. The summed E-state index contributed by atoms with van der Waals surface area (Å²) in [6.45, 7) is 1.38. The van der Waals surface area contributed by atoms with E-state index in [1.54, 1.807) is 0 Å². The second kappa shape index (κ2) is 6.50. The van der Waals surface area contributed by atoms with E-state index in [1.165, 1.54) is 12.1 Å². The molecule has 0 spiro atoms. The highest BCUT2D eigenvalue weighted by Crippen LogP contribution is 2.30. The molecule has 0 saturated carbocycles. The van der Waals surface area contributed by atoms with Crippen molar-refractivity contribution in [2.75, 3.05) is 13.1 Å². The third-order valence-corrected chi connectivity index (χ3v) is 3.05. The first-order valence-electron chi connectivity index (χ1n) is 6.62. The van der Waals surface area contributed by atoms with Gasteiger partial charge in [-0.3, -0.25) is 0 Å². The van der Waals surface area contributed by atoms with Crippen LogP contribution < -0.4 is 11.5 Å². The predicted octanol–water partition coefficient (Wildman–Crippen LogP) is 2.23. The third kappa shape index (κ3) is 4.24. The van der Waals surface area contributed by atoms with Gasteiger partial charge in [0.25, 0.3) is 0 Å². The molecule has 1 aliphatic heterocycles. The molecule has 118 valence electrons. The van der Waals surface area contributed by atoms with Crippen LogP contribution >= 0.6 is 0 Å². The number of benzene rings is 1. The molecule has 0 bridgehead atoms. The summed E-state index contributed by atoms with van der Waals surface area (Å²) in [6, 6.07) is 4.33. The largest absolute Gasteiger partial charge is 0.416 e. The molecule has 1 aromatic carbocycles. The van der Waals surface area contributed by atoms with Crippen LogP contribution in [0.2, 0.25) is 0 Å². The SMILES string of the molecule is NC(=Nc1ccc(C(F)(F)F)cc1)/N=C(\N)N1CC=CCC1. The molecule has 4 N–H and O–H groups in total. The van der Waals surface area contributed by atoms with E-state index >= 15 is 0 Å². The molecule has 22 heavy (non-hydrogen) atoms. The average molecular weight is 311 g/mol. The average Bonchev–Trinajstić information content (AvgIpc) is 2.47. The van der Waals surface area contributed by atoms with E-state index in [9.17, 15) is 13.2 Å². The van der Waals surface area contributed by atoms with Gasteiger partial charge in [0.05, 0.1) is 11.3 Å². The number of nitrogens with two attached hydrogens (primary N) is 2. The van der Waals surface area contributed by atoms with Gasteiger partial charge in [0.2, 0.25) is 5.96 Å². The Morgan fingerprint density at radius 3 is 2.32 bits per heavy atom. The standard InChI is InChI=1S/C14H16F3N5/c15-14(16,17)10-4-6-11(7-5-10)20-12(18)21-13(19)22-8-2-1-3-9-22/h1-2,4-7H,3,8-9H2,(H4,18,19,20,21). The third-order valence-electron chi connectivity index (χ3n) is 3.05. The minimum absolute atomic E-state index is 0.105. The van der Waals surface area contributed by atoms with Gasteiger partial charge in [0.1, 0.15) is 0 Å². The maximum Gasteiger partial charge on any atom is 0.416 e. The van der Waals surface area contributed by atoms with Gasteiger partial charge < -0.3 is 16.4 Å². The Bertz CT molecular complexity index is 602. The summed E-state index contributed by atoms with van der Waals surface area (Å²) < 4.78 is 37.4. The van der Waals surface area contributed by atoms with Gasteiger partial charge in [0, 0.05) is 13.1 Å². The molecule has 1 aliphatic rings. The topological polar surface area (TPSA) is 80.0 Å². The lowest BCUT2D eigenvalue weighted by Gasteiger charge is -2.23. The first kappa shape index (κ1) is 15.9. The zero-order valence-corrected chi connectivity index (χ0v) is 11.7. The molecule has 0 aliphatic carbocycles. The molecule has 0 saturated heterocycles. The minimum Gasteiger partial charge on any atom is -0.369 e. The number of guanidine groups is 2. The second-order valence-electron chi connectivity index (χ2n) is 4.69. The van der Waals surface area contributed by atoms with Gasteiger partial charge in [0.15, 0.2) is 5.96 Å². The van der Waals surface area contributed by atoms with E-state index in [0.717, 1.165) is 25.1 Å². The summed E-state index contributed by atoms with van der Waals surface area (Å²) in [5.41, 5.74) is 11.0. The van der Waals surface area contributed by atoms with Gasteiger partial charge >= 0.3 is 6.18 Å². The summed E-state index contributed by atoms with van der Waals surface area (Å²) in [5.74, 6) is 0.129. The number of alkyl halides is 3. The van der Waals surface area contributed by atoms with Crippen molar-refractivity contribution in [3.63, 3.8) is 0 Å². The molecule has 0 atom stereocenters. The van der Waals surface area contributed by atoms with Crippen molar-refractivity contribution in [2.24, 2.45) is 21.5 Å². The molecular formula is C14H16F3N5. The second-order valence-corrected chi connectivity index (χ2v) is 4.69. The van der Waals surface area contributed by atoms with Gasteiger partial charge in [-0.25, -0.2) is 4.99 Å². The maximum atomic E-state index is 12.5. The zero-order chi connectivity index (χ0) is 16.2. The van der Waals surface area contributed by atoms with Gasteiger partial charge in [-0.2, -0.15) is 18.2 Å². The van der Waals surface area contributed by atoms with Crippen LogP contribution in [0.3, 0.4) is 0 Å². The monoisotopic (exact) mass is 311 g/mol. The van der Waals surface area contributed by atoms with Crippen LogP contribution in [0.25, 0.3) is 0 Å². The van der Waals surface area contributed by atoms with Crippen molar-refractivity contribution >= 4 is 17.6 Å². The van der Waals surface area contributed by atoms with E-state index in [-0.39, 0.29) is 17.6 Å². The van der Waals surface area contributed by atoms with Crippen LogP contribution in [0.4, 0.5) is 18.9 Å². The Hall–Kier alpha value is -2.51. The summed E-state index contributed by atoms with van der Waals surface area (Å²) in [7, 11) is 0. The molecule has 8 heteroatoms. The summed E-state index contributed by atoms with van der Waals surface area (Å²) in [5, 5.41) is 0. The maximum absolute atomic E-state index is 12.5. The fourth-order valence-electron chi connectivity index (χ4n) is 1.92. The molecule has 2 rings (SSSR count). The Labute approximate surface area is 125 Å².